The normalized spacial score (nSPS) is 21.8. The number of aromatic nitrogens is 2. The number of nitrogens with zero attached hydrogens (tertiary/aromatic N) is 3. The Morgan fingerprint density at radius 1 is 1.50 bits per heavy atom. The highest BCUT2D eigenvalue weighted by Gasteiger charge is 2.45. The molecule has 1 aliphatic rings. The summed E-state index contributed by atoms with van der Waals surface area (Å²) in [7, 11) is -3.67. The molecule has 0 aliphatic carbocycles. The number of aliphatic hydroxyl groups is 1. The molecule has 1 aliphatic heterocycles. The predicted octanol–water partition coefficient (Wildman–Crippen LogP) is 1.21. The van der Waals surface area contributed by atoms with Gasteiger partial charge in [-0.25, -0.2) is 4.98 Å². The van der Waals surface area contributed by atoms with E-state index >= 15 is 0 Å². The van der Waals surface area contributed by atoms with Gasteiger partial charge in [0.05, 0.1) is 42.3 Å². The number of benzene rings is 1. The monoisotopic (exact) mass is 435 g/mol. The average molecular weight is 436 g/mol. The van der Waals surface area contributed by atoms with E-state index in [-0.39, 0.29) is 30.5 Å². The summed E-state index contributed by atoms with van der Waals surface area (Å²) >= 11 is 6.22. The lowest BCUT2D eigenvalue weighted by molar-refractivity contribution is -0.384. The highest BCUT2D eigenvalue weighted by Crippen LogP contribution is 2.40. The summed E-state index contributed by atoms with van der Waals surface area (Å²) in [4.78, 5) is 14.3. The third kappa shape index (κ3) is 5.95. The van der Waals surface area contributed by atoms with E-state index in [1.165, 1.54) is 18.2 Å². The molecule has 0 unspecified atom stereocenters. The molecule has 2 atom stereocenters. The maximum Gasteiger partial charge on any atom is 0.270 e. The summed E-state index contributed by atoms with van der Waals surface area (Å²) < 4.78 is 39.3. The molecule has 1 aromatic heterocycles. The average Bonchev–Trinajstić information content (AvgIpc) is 3.23. The summed E-state index contributed by atoms with van der Waals surface area (Å²) in [6.45, 7) is 0.246. The van der Waals surface area contributed by atoms with Crippen molar-refractivity contribution in [3.63, 3.8) is 0 Å². The van der Waals surface area contributed by atoms with Crippen LogP contribution in [0.2, 0.25) is 5.02 Å². The minimum atomic E-state index is -3.67. The molecule has 11 nitrogen and oxygen atoms in total. The zero-order valence-electron chi connectivity index (χ0n) is 14.6. The Kier molecular flexibility index (Phi) is 7.09. The van der Waals surface area contributed by atoms with Crippen molar-refractivity contribution in [3.8, 4) is 0 Å². The molecule has 2 N–H and O–H groups in total. The van der Waals surface area contributed by atoms with E-state index in [0.29, 0.717) is 11.8 Å². The van der Waals surface area contributed by atoms with Crippen LogP contribution in [0.5, 0.6) is 0 Å². The Bertz CT molecular complexity index is 913. The highest BCUT2D eigenvalue weighted by molar-refractivity contribution is 7.85. The molecule has 2 heterocycles. The second kappa shape index (κ2) is 8.94. The number of hydrogen-bond donors (Lipinski definition) is 2. The number of non-ortho nitro benzene ring substituents is 1. The molecule has 0 amide bonds. The number of nitro groups is 1. The van der Waals surface area contributed by atoms with Gasteiger partial charge in [-0.15, -0.1) is 0 Å². The number of halogens is 1. The number of rotatable bonds is 5. The lowest BCUT2D eigenvalue weighted by Crippen LogP contribution is -2.34. The molecule has 154 valence electrons. The molecule has 3 rings (SSSR count). The molecular weight excluding hydrogens is 418 g/mol. The quantitative estimate of drug-likeness (QED) is 0.400. The maximum atomic E-state index is 10.9. The third-order valence-corrected chi connectivity index (χ3v) is 3.90. The van der Waals surface area contributed by atoms with Gasteiger partial charge in [0, 0.05) is 30.1 Å². The zero-order valence-corrected chi connectivity index (χ0v) is 16.2. The second-order valence-corrected chi connectivity index (χ2v) is 7.75. The predicted molar refractivity (Wildman–Crippen MR) is 97.4 cm³/mol. The van der Waals surface area contributed by atoms with Gasteiger partial charge in [-0.2, -0.15) is 8.42 Å². The van der Waals surface area contributed by atoms with Gasteiger partial charge in [0.1, 0.15) is 6.10 Å². The lowest BCUT2D eigenvalue weighted by atomic mass is 10.0. The number of ether oxygens (including phenoxy) is 2. The van der Waals surface area contributed by atoms with Crippen LogP contribution in [0.25, 0.3) is 0 Å². The molecule has 0 spiro atoms. The third-order valence-electron chi connectivity index (χ3n) is 3.59. The first-order chi connectivity index (χ1) is 13.0. The number of hydrogen-bond acceptors (Lipinski definition) is 8. The molecule has 1 fully saturated rings. The number of imidazole rings is 1. The zero-order chi connectivity index (χ0) is 20.9. The van der Waals surface area contributed by atoms with Crippen molar-refractivity contribution in [1.29, 1.82) is 0 Å². The molecule has 28 heavy (non-hydrogen) atoms. The van der Waals surface area contributed by atoms with Crippen LogP contribution in [0.15, 0.2) is 36.9 Å². The first-order valence-electron chi connectivity index (χ1n) is 7.79. The molecule has 0 bridgehead atoms. The standard InChI is InChI=1S/C14H14ClN3O5.CH4O3S/c15-13-5-10(18(20)21)1-2-12(13)14(8-17-4-3-16-9-17)22-7-11(6-19)23-14;1-5(2,3)4/h1-5,9,11,19H,6-8H2;1H3,(H,2,3,4)/t11-,14-;/m1./s1. The molecule has 0 radical (unpaired) electrons. The van der Waals surface area contributed by atoms with Crippen molar-refractivity contribution in [2.75, 3.05) is 19.5 Å². The minimum absolute atomic E-state index is 0.117. The highest BCUT2D eigenvalue weighted by atomic mass is 35.5. The fourth-order valence-corrected chi connectivity index (χ4v) is 2.83. The van der Waals surface area contributed by atoms with Crippen LogP contribution < -0.4 is 0 Å². The van der Waals surface area contributed by atoms with Gasteiger partial charge >= 0.3 is 0 Å². The van der Waals surface area contributed by atoms with Gasteiger partial charge in [-0.3, -0.25) is 14.7 Å². The van der Waals surface area contributed by atoms with E-state index < -0.39 is 26.9 Å². The Morgan fingerprint density at radius 2 is 2.18 bits per heavy atom. The number of nitro benzene ring substituents is 1. The van der Waals surface area contributed by atoms with E-state index in [2.05, 4.69) is 4.98 Å². The molecule has 0 saturated carbocycles. The minimum Gasteiger partial charge on any atom is -0.394 e. The first-order valence-corrected chi connectivity index (χ1v) is 10.0. The maximum absolute atomic E-state index is 10.9. The fraction of sp³-hybridized carbons (Fsp3) is 0.400. The summed E-state index contributed by atoms with van der Waals surface area (Å²) in [5.74, 6) is -1.24. The van der Waals surface area contributed by atoms with Gasteiger partial charge in [0.2, 0.25) is 5.79 Å². The molecule has 1 aromatic carbocycles. The van der Waals surface area contributed by atoms with E-state index in [0.717, 1.165) is 0 Å². The van der Waals surface area contributed by atoms with Crippen molar-refractivity contribution >= 4 is 27.4 Å². The van der Waals surface area contributed by atoms with E-state index in [9.17, 15) is 23.6 Å². The van der Waals surface area contributed by atoms with Crippen molar-refractivity contribution in [1.82, 2.24) is 9.55 Å². The van der Waals surface area contributed by atoms with Crippen molar-refractivity contribution in [2.24, 2.45) is 0 Å². The van der Waals surface area contributed by atoms with Crippen LogP contribution in [-0.2, 0) is 31.9 Å². The summed E-state index contributed by atoms with van der Waals surface area (Å²) in [5.41, 5.74) is 0.350. The van der Waals surface area contributed by atoms with Crippen LogP contribution >= 0.6 is 11.6 Å². The summed E-state index contributed by atoms with van der Waals surface area (Å²) in [6, 6.07) is 4.11. The lowest BCUT2D eigenvalue weighted by Gasteiger charge is -2.29. The van der Waals surface area contributed by atoms with Crippen molar-refractivity contribution in [3.05, 3.63) is 57.6 Å². The smallest absolute Gasteiger partial charge is 0.270 e. The Labute approximate surface area is 165 Å². The van der Waals surface area contributed by atoms with Crippen LogP contribution in [0.3, 0.4) is 0 Å². The van der Waals surface area contributed by atoms with Crippen molar-refractivity contribution in [2.45, 2.75) is 18.4 Å². The first kappa shape index (κ1) is 22.2. The van der Waals surface area contributed by atoms with Gasteiger partial charge in [-0.1, -0.05) is 11.6 Å². The van der Waals surface area contributed by atoms with Gasteiger partial charge in [0.25, 0.3) is 15.8 Å². The van der Waals surface area contributed by atoms with Gasteiger partial charge in [-0.05, 0) is 6.07 Å². The Balaban J connectivity index is 0.000000500. The van der Waals surface area contributed by atoms with Crippen LogP contribution in [0.1, 0.15) is 5.56 Å². The van der Waals surface area contributed by atoms with Crippen molar-refractivity contribution < 1.29 is 32.5 Å². The van der Waals surface area contributed by atoms with E-state index in [1.54, 1.807) is 23.3 Å². The number of aliphatic hydroxyl groups excluding tert-OH is 1. The molecule has 1 saturated heterocycles. The SMILES string of the molecule is CS(=O)(=O)O.O=[N+]([O-])c1ccc([C@]2(Cn3ccnc3)OC[C@@H](CO)O2)c(Cl)c1. The largest absolute Gasteiger partial charge is 0.394 e. The Hall–Kier alpha value is -2.09. The summed E-state index contributed by atoms with van der Waals surface area (Å²) in [5, 5.41) is 20.3. The molecule has 13 heteroatoms. The Morgan fingerprint density at radius 3 is 2.64 bits per heavy atom. The topological polar surface area (TPSA) is 154 Å². The van der Waals surface area contributed by atoms with E-state index in [4.69, 9.17) is 25.6 Å². The second-order valence-electron chi connectivity index (χ2n) is 5.88. The summed E-state index contributed by atoms with van der Waals surface area (Å²) in [6.07, 6.45) is 5.17. The van der Waals surface area contributed by atoms with Crippen LogP contribution in [0.4, 0.5) is 5.69 Å². The van der Waals surface area contributed by atoms with Crippen LogP contribution in [-0.4, -0.2) is 58.1 Å². The van der Waals surface area contributed by atoms with Crippen LogP contribution in [0, 0.1) is 10.1 Å². The van der Waals surface area contributed by atoms with E-state index in [1.807, 2.05) is 0 Å². The molecule has 2 aromatic rings. The van der Waals surface area contributed by atoms with Gasteiger partial charge in [0.15, 0.2) is 0 Å². The van der Waals surface area contributed by atoms with Gasteiger partial charge < -0.3 is 19.1 Å². The molecular formula is C15H18ClN3O8S. The fourth-order valence-electron chi connectivity index (χ4n) is 2.51.